The average molecular weight is 179 g/mol. The molecular weight excluding hydrogens is 164 g/mol. The largest absolute Gasteiger partial charge is 0.465 e. The highest BCUT2D eigenvalue weighted by atomic mass is 35.5. The first-order valence-corrected chi connectivity index (χ1v) is 4.46. The number of carbonyl (C=O) groups excluding carboxylic acids is 1. The highest BCUT2D eigenvalue weighted by molar-refractivity contribution is 6.29. The Morgan fingerprint density at radius 2 is 2.18 bits per heavy atom. The minimum absolute atomic E-state index is 0.289. The zero-order chi connectivity index (χ0) is 8.69. The molecule has 0 aliphatic heterocycles. The summed E-state index contributed by atoms with van der Waals surface area (Å²) in [6, 6.07) is 0. The Kier molecular flexibility index (Phi) is 6.33. The highest BCUT2D eigenvalue weighted by Crippen LogP contribution is 2.08. The van der Waals surface area contributed by atoms with E-state index in [9.17, 15) is 4.79 Å². The van der Waals surface area contributed by atoms with Gasteiger partial charge in [0.2, 0.25) is 0 Å². The molecule has 0 aromatic heterocycles. The molecule has 1 atom stereocenters. The van der Waals surface area contributed by atoms with Gasteiger partial charge in [-0.1, -0.05) is 19.8 Å². The van der Waals surface area contributed by atoms with Crippen LogP contribution in [0.25, 0.3) is 0 Å². The number of unbranched alkanes of at least 4 members (excludes halogenated alkanes) is 1. The van der Waals surface area contributed by atoms with Gasteiger partial charge in [0.25, 0.3) is 0 Å². The zero-order valence-electron chi connectivity index (χ0n) is 7.10. The Morgan fingerprint density at radius 3 is 2.64 bits per heavy atom. The van der Waals surface area contributed by atoms with Crippen molar-refractivity contribution in [3.63, 3.8) is 0 Å². The molecule has 0 spiro atoms. The maximum absolute atomic E-state index is 10.9. The van der Waals surface area contributed by atoms with Crippen LogP contribution in [-0.2, 0) is 9.53 Å². The van der Waals surface area contributed by atoms with E-state index in [2.05, 4.69) is 6.92 Å². The second kappa shape index (κ2) is 6.47. The third-order valence-corrected chi connectivity index (χ3v) is 1.75. The number of ether oxygens (including phenoxy) is 1. The summed E-state index contributed by atoms with van der Waals surface area (Å²) < 4.78 is 4.73. The molecule has 3 heteroatoms. The van der Waals surface area contributed by atoms with Gasteiger partial charge in [0.1, 0.15) is 5.38 Å². The Labute approximate surface area is 72.9 Å². The third kappa shape index (κ3) is 5.08. The van der Waals surface area contributed by atoms with Gasteiger partial charge in [-0.2, -0.15) is 0 Å². The van der Waals surface area contributed by atoms with E-state index in [1.54, 1.807) is 6.92 Å². The lowest BCUT2D eigenvalue weighted by atomic mass is 10.2. The number of halogens is 1. The van der Waals surface area contributed by atoms with Gasteiger partial charge in [0, 0.05) is 0 Å². The predicted molar refractivity (Wildman–Crippen MR) is 45.8 cm³/mol. The summed E-state index contributed by atoms with van der Waals surface area (Å²) in [6.07, 6.45) is 2.76. The number of esters is 1. The van der Waals surface area contributed by atoms with Crippen molar-refractivity contribution in [1.29, 1.82) is 0 Å². The van der Waals surface area contributed by atoms with Crippen LogP contribution in [0.2, 0.25) is 0 Å². The van der Waals surface area contributed by atoms with Crippen molar-refractivity contribution >= 4 is 17.6 Å². The van der Waals surface area contributed by atoms with Crippen LogP contribution in [0.5, 0.6) is 0 Å². The van der Waals surface area contributed by atoms with E-state index < -0.39 is 5.38 Å². The summed E-state index contributed by atoms with van der Waals surface area (Å²) >= 11 is 5.71. The fourth-order valence-corrected chi connectivity index (χ4v) is 0.951. The normalized spacial score (nSPS) is 12.6. The van der Waals surface area contributed by atoms with E-state index in [1.165, 1.54) is 0 Å². The van der Waals surface area contributed by atoms with E-state index in [1.807, 2.05) is 0 Å². The lowest BCUT2D eigenvalue weighted by molar-refractivity contribution is -0.142. The van der Waals surface area contributed by atoms with Gasteiger partial charge >= 0.3 is 5.97 Å². The maximum Gasteiger partial charge on any atom is 0.324 e. The maximum atomic E-state index is 10.9. The molecule has 0 unspecified atom stereocenters. The van der Waals surface area contributed by atoms with Crippen LogP contribution < -0.4 is 0 Å². The van der Waals surface area contributed by atoms with Crippen molar-refractivity contribution in [3.8, 4) is 0 Å². The molecule has 0 saturated carbocycles. The van der Waals surface area contributed by atoms with E-state index in [-0.39, 0.29) is 5.97 Å². The number of hydrogen-bond donors (Lipinski definition) is 0. The van der Waals surface area contributed by atoms with Crippen molar-refractivity contribution < 1.29 is 9.53 Å². The SMILES string of the molecule is CCCC[C@@H](Cl)C(=O)OCC. The Balaban J connectivity index is 3.46. The molecule has 0 rings (SSSR count). The van der Waals surface area contributed by atoms with Gasteiger partial charge in [-0.05, 0) is 13.3 Å². The molecule has 0 radical (unpaired) electrons. The molecule has 66 valence electrons. The fourth-order valence-electron chi connectivity index (χ4n) is 0.734. The van der Waals surface area contributed by atoms with Crippen LogP contribution in [-0.4, -0.2) is 18.0 Å². The molecule has 2 nitrogen and oxygen atoms in total. The molecule has 0 aliphatic rings. The standard InChI is InChI=1S/C8H15ClO2/c1-3-5-6-7(9)8(10)11-4-2/h7H,3-6H2,1-2H3/t7-/m1/s1. The molecular formula is C8H15ClO2. The number of rotatable bonds is 5. The molecule has 0 aromatic carbocycles. The van der Waals surface area contributed by atoms with Gasteiger partial charge in [0.05, 0.1) is 6.61 Å². The van der Waals surface area contributed by atoms with Gasteiger partial charge < -0.3 is 4.74 Å². The summed E-state index contributed by atoms with van der Waals surface area (Å²) in [5.74, 6) is -0.289. The topological polar surface area (TPSA) is 26.3 Å². The second-order valence-corrected chi connectivity index (χ2v) is 2.89. The lowest BCUT2D eigenvalue weighted by Gasteiger charge is -2.06. The Hall–Kier alpha value is -0.240. The van der Waals surface area contributed by atoms with Crippen molar-refractivity contribution in [1.82, 2.24) is 0 Å². The van der Waals surface area contributed by atoms with Crippen LogP contribution in [0.1, 0.15) is 33.1 Å². The fraction of sp³-hybridized carbons (Fsp3) is 0.875. The predicted octanol–water partition coefficient (Wildman–Crippen LogP) is 2.35. The minimum atomic E-state index is -0.449. The first kappa shape index (κ1) is 10.8. The molecule has 0 amide bonds. The molecule has 0 aromatic rings. The number of carbonyl (C=O) groups is 1. The molecule has 0 bridgehead atoms. The van der Waals surface area contributed by atoms with Crippen molar-refractivity contribution in [2.45, 2.75) is 38.5 Å². The van der Waals surface area contributed by atoms with Gasteiger partial charge in [-0.3, -0.25) is 4.79 Å². The smallest absolute Gasteiger partial charge is 0.324 e. The summed E-state index contributed by atoms with van der Waals surface area (Å²) in [6.45, 7) is 4.25. The Morgan fingerprint density at radius 1 is 1.55 bits per heavy atom. The first-order chi connectivity index (χ1) is 5.22. The Bertz CT molecular complexity index is 115. The van der Waals surface area contributed by atoms with Crippen LogP contribution in [0.3, 0.4) is 0 Å². The van der Waals surface area contributed by atoms with E-state index in [4.69, 9.17) is 16.3 Å². The second-order valence-electron chi connectivity index (χ2n) is 2.36. The highest BCUT2D eigenvalue weighted by Gasteiger charge is 2.14. The molecule has 0 fully saturated rings. The summed E-state index contributed by atoms with van der Waals surface area (Å²) in [4.78, 5) is 10.9. The van der Waals surface area contributed by atoms with Gasteiger partial charge in [-0.15, -0.1) is 11.6 Å². The number of alkyl halides is 1. The minimum Gasteiger partial charge on any atom is -0.465 e. The summed E-state index contributed by atoms with van der Waals surface area (Å²) in [5.41, 5.74) is 0. The van der Waals surface area contributed by atoms with Crippen molar-refractivity contribution in [2.75, 3.05) is 6.61 Å². The first-order valence-electron chi connectivity index (χ1n) is 4.03. The van der Waals surface area contributed by atoms with Crippen molar-refractivity contribution in [2.24, 2.45) is 0 Å². The molecule has 0 saturated heterocycles. The summed E-state index contributed by atoms with van der Waals surface area (Å²) in [7, 11) is 0. The van der Waals surface area contributed by atoms with Crippen LogP contribution in [0, 0.1) is 0 Å². The lowest BCUT2D eigenvalue weighted by Crippen LogP contribution is -2.17. The average Bonchev–Trinajstić information content (AvgIpc) is 2.00. The van der Waals surface area contributed by atoms with E-state index in [0.717, 1.165) is 19.3 Å². The zero-order valence-corrected chi connectivity index (χ0v) is 7.86. The van der Waals surface area contributed by atoms with E-state index in [0.29, 0.717) is 6.61 Å². The quantitative estimate of drug-likeness (QED) is 0.477. The third-order valence-electron chi connectivity index (χ3n) is 1.35. The monoisotopic (exact) mass is 178 g/mol. The van der Waals surface area contributed by atoms with Crippen molar-refractivity contribution in [3.05, 3.63) is 0 Å². The summed E-state index contributed by atoms with van der Waals surface area (Å²) in [5, 5.41) is -0.449. The van der Waals surface area contributed by atoms with E-state index >= 15 is 0 Å². The molecule has 11 heavy (non-hydrogen) atoms. The number of hydrogen-bond acceptors (Lipinski definition) is 2. The van der Waals surface area contributed by atoms with Crippen LogP contribution >= 0.6 is 11.6 Å². The molecule has 0 N–H and O–H groups in total. The van der Waals surface area contributed by atoms with Crippen LogP contribution in [0.4, 0.5) is 0 Å². The molecule has 0 aliphatic carbocycles. The molecule has 0 heterocycles. The van der Waals surface area contributed by atoms with Gasteiger partial charge in [0.15, 0.2) is 0 Å². The van der Waals surface area contributed by atoms with Crippen LogP contribution in [0.15, 0.2) is 0 Å². The van der Waals surface area contributed by atoms with Gasteiger partial charge in [-0.25, -0.2) is 0 Å².